The summed E-state index contributed by atoms with van der Waals surface area (Å²) in [5.74, 6) is 0.576. The first kappa shape index (κ1) is 16.3. The molecule has 1 heterocycles. The molecule has 1 aromatic carbocycles. The fourth-order valence-corrected chi connectivity index (χ4v) is 3.72. The van der Waals surface area contributed by atoms with E-state index in [-0.39, 0.29) is 6.04 Å². The minimum Gasteiger partial charge on any atom is -0.381 e. The highest BCUT2D eigenvalue weighted by Gasteiger charge is 2.24. The Kier molecular flexibility index (Phi) is 5.24. The number of nitrogens with one attached hydrogen (secondary N) is 2. The smallest absolute Gasteiger partial charge is 0.242 e. The van der Waals surface area contributed by atoms with E-state index >= 15 is 0 Å². The molecule has 0 saturated carbocycles. The Labute approximate surface area is 127 Å². The van der Waals surface area contributed by atoms with Crippen molar-refractivity contribution in [2.24, 2.45) is 5.92 Å². The molecule has 0 radical (unpaired) electrons. The number of rotatable bonds is 5. The zero-order valence-electron chi connectivity index (χ0n) is 13.0. The molecule has 0 spiro atoms. The summed E-state index contributed by atoms with van der Waals surface area (Å²) in [6.45, 7) is 4.35. The molecule has 0 aliphatic carbocycles. The van der Waals surface area contributed by atoms with Gasteiger partial charge in [-0.05, 0) is 65.0 Å². The highest BCUT2D eigenvalue weighted by molar-refractivity contribution is 7.89. The van der Waals surface area contributed by atoms with Gasteiger partial charge in [0, 0.05) is 6.04 Å². The topological polar surface area (TPSA) is 61.4 Å². The van der Waals surface area contributed by atoms with Crippen LogP contribution in [-0.2, 0) is 10.0 Å². The lowest BCUT2D eigenvalue weighted by Crippen LogP contribution is -2.37. The third-order valence-corrected chi connectivity index (χ3v) is 5.77. The van der Waals surface area contributed by atoms with E-state index in [0.29, 0.717) is 16.5 Å². The molecule has 1 fully saturated rings. The third kappa shape index (κ3) is 3.96. The SMILES string of the molecule is CNS(=O)(=O)c1ccccc1NC(C)C1CCN(C)CC1. The maximum atomic E-state index is 12.1. The van der Waals surface area contributed by atoms with Gasteiger partial charge in [-0.15, -0.1) is 0 Å². The number of hydrogen-bond donors (Lipinski definition) is 2. The van der Waals surface area contributed by atoms with Crippen LogP contribution in [0.1, 0.15) is 19.8 Å². The van der Waals surface area contributed by atoms with E-state index in [9.17, 15) is 8.42 Å². The highest BCUT2D eigenvalue weighted by atomic mass is 32.2. The van der Waals surface area contributed by atoms with Crippen molar-refractivity contribution < 1.29 is 8.42 Å². The standard InChI is InChI=1S/C15H25N3O2S/c1-12(13-8-10-18(3)11-9-13)17-14-6-4-5-7-15(14)21(19,20)16-2/h4-7,12-13,16-17H,8-11H2,1-3H3. The monoisotopic (exact) mass is 311 g/mol. The average molecular weight is 311 g/mol. The summed E-state index contributed by atoms with van der Waals surface area (Å²) < 4.78 is 26.5. The Morgan fingerprint density at radius 1 is 1.24 bits per heavy atom. The van der Waals surface area contributed by atoms with Crippen molar-refractivity contribution >= 4 is 15.7 Å². The predicted octanol–water partition coefficient (Wildman–Crippen LogP) is 1.74. The summed E-state index contributed by atoms with van der Waals surface area (Å²) in [5.41, 5.74) is 0.679. The van der Waals surface area contributed by atoms with Crippen LogP contribution in [-0.4, -0.2) is 46.5 Å². The second-order valence-corrected chi connectivity index (χ2v) is 7.63. The fourth-order valence-electron chi connectivity index (χ4n) is 2.82. The summed E-state index contributed by atoms with van der Waals surface area (Å²) in [4.78, 5) is 2.65. The highest BCUT2D eigenvalue weighted by Crippen LogP contribution is 2.26. The molecule has 5 nitrogen and oxygen atoms in total. The van der Waals surface area contributed by atoms with Crippen molar-refractivity contribution in [2.75, 3.05) is 32.5 Å². The van der Waals surface area contributed by atoms with Crippen molar-refractivity contribution in [2.45, 2.75) is 30.7 Å². The normalized spacial score (nSPS) is 19.4. The Bertz CT molecular complexity index is 566. The summed E-state index contributed by atoms with van der Waals surface area (Å²) in [6, 6.07) is 7.33. The quantitative estimate of drug-likeness (QED) is 0.869. The van der Waals surface area contributed by atoms with Gasteiger partial charge >= 0.3 is 0 Å². The number of para-hydroxylation sites is 1. The third-order valence-electron chi connectivity index (χ3n) is 4.30. The zero-order chi connectivity index (χ0) is 15.5. The molecule has 0 bridgehead atoms. The molecule has 1 aliphatic rings. The number of likely N-dealkylation sites (tertiary alicyclic amines) is 1. The summed E-state index contributed by atoms with van der Waals surface area (Å²) in [7, 11) is 0.144. The lowest BCUT2D eigenvalue weighted by atomic mass is 9.90. The van der Waals surface area contributed by atoms with Crippen molar-refractivity contribution in [3.8, 4) is 0 Å². The number of hydrogen-bond acceptors (Lipinski definition) is 4. The van der Waals surface area contributed by atoms with Crippen molar-refractivity contribution in [1.82, 2.24) is 9.62 Å². The largest absolute Gasteiger partial charge is 0.381 e. The van der Waals surface area contributed by atoms with Gasteiger partial charge in [-0.1, -0.05) is 12.1 Å². The fraction of sp³-hybridized carbons (Fsp3) is 0.600. The first-order valence-corrected chi connectivity index (χ1v) is 8.90. The molecule has 0 aromatic heterocycles. The second kappa shape index (κ2) is 6.77. The van der Waals surface area contributed by atoms with Gasteiger partial charge in [-0.25, -0.2) is 13.1 Å². The predicted molar refractivity (Wildman–Crippen MR) is 86.0 cm³/mol. The van der Waals surface area contributed by atoms with E-state index in [1.807, 2.05) is 12.1 Å². The number of nitrogens with zero attached hydrogens (tertiary/aromatic N) is 1. The Morgan fingerprint density at radius 3 is 2.48 bits per heavy atom. The van der Waals surface area contributed by atoms with Gasteiger partial charge < -0.3 is 10.2 Å². The number of benzene rings is 1. The number of anilines is 1. The van der Waals surface area contributed by atoms with Crippen LogP contribution in [0.2, 0.25) is 0 Å². The Hall–Kier alpha value is -1.11. The zero-order valence-corrected chi connectivity index (χ0v) is 13.8. The van der Waals surface area contributed by atoms with Gasteiger partial charge in [0.15, 0.2) is 0 Å². The van der Waals surface area contributed by atoms with Crippen LogP contribution in [0.5, 0.6) is 0 Å². The molecule has 1 aromatic rings. The van der Waals surface area contributed by atoms with Crippen molar-refractivity contribution in [3.63, 3.8) is 0 Å². The minimum absolute atomic E-state index is 0.256. The van der Waals surface area contributed by atoms with E-state index < -0.39 is 10.0 Å². The van der Waals surface area contributed by atoms with Crippen LogP contribution in [0, 0.1) is 5.92 Å². The van der Waals surface area contributed by atoms with Crippen LogP contribution in [0.25, 0.3) is 0 Å². The lowest BCUT2D eigenvalue weighted by molar-refractivity contribution is 0.208. The maximum Gasteiger partial charge on any atom is 0.242 e. The second-order valence-electron chi connectivity index (χ2n) is 5.78. The molecule has 1 saturated heterocycles. The summed E-state index contributed by atoms with van der Waals surface area (Å²) in [6.07, 6.45) is 2.29. The number of piperidine rings is 1. The minimum atomic E-state index is -3.43. The Morgan fingerprint density at radius 2 is 1.86 bits per heavy atom. The molecule has 1 aliphatic heterocycles. The molecule has 2 rings (SSSR count). The van der Waals surface area contributed by atoms with Crippen LogP contribution in [0.4, 0.5) is 5.69 Å². The van der Waals surface area contributed by atoms with Gasteiger partial charge in [-0.3, -0.25) is 0 Å². The average Bonchev–Trinajstić information content (AvgIpc) is 2.48. The van der Waals surface area contributed by atoms with E-state index in [1.165, 1.54) is 7.05 Å². The molecular formula is C15H25N3O2S. The molecule has 21 heavy (non-hydrogen) atoms. The summed E-state index contributed by atoms with van der Waals surface area (Å²) >= 11 is 0. The van der Waals surface area contributed by atoms with Crippen LogP contribution in [0.3, 0.4) is 0 Å². The van der Waals surface area contributed by atoms with Crippen molar-refractivity contribution in [3.05, 3.63) is 24.3 Å². The molecule has 0 amide bonds. The first-order valence-electron chi connectivity index (χ1n) is 7.41. The lowest BCUT2D eigenvalue weighted by Gasteiger charge is -2.33. The van der Waals surface area contributed by atoms with Crippen LogP contribution >= 0.6 is 0 Å². The molecule has 6 heteroatoms. The van der Waals surface area contributed by atoms with E-state index in [1.54, 1.807) is 12.1 Å². The summed E-state index contributed by atoms with van der Waals surface area (Å²) in [5, 5.41) is 3.40. The maximum absolute atomic E-state index is 12.1. The van der Waals surface area contributed by atoms with Gasteiger partial charge in [0.2, 0.25) is 10.0 Å². The van der Waals surface area contributed by atoms with Crippen molar-refractivity contribution in [1.29, 1.82) is 0 Å². The molecule has 1 atom stereocenters. The molecule has 2 N–H and O–H groups in total. The van der Waals surface area contributed by atoms with Gasteiger partial charge in [0.05, 0.1) is 5.69 Å². The molecular weight excluding hydrogens is 286 g/mol. The van der Waals surface area contributed by atoms with E-state index in [2.05, 4.69) is 28.9 Å². The van der Waals surface area contributed by atoms with Gasteiger partial charge in [0.1, 0.15) is 4.90 Å². The van der Waals surface area contributed by atoms with E-state index in [0.717, 1.165) is 25.9 Å². The Balaban J connectivity index is 2.13. The van der Waals surface area contributed by atoms with Crippen LogP contribution in [0.15, 0.2) is 29.2 Å². The molecule has 1 unspecified atom stereocenters. The van der Waals surface area contributed by atoms with Gasteiger partial charge in [0.25, 0.3) is 0 Å². The number of sulfonamides is 1. The van der Waals surface area contributed by atoms with Crippen LogP contribution < -0.4 is 10.0 Å². The first-order chi connectivity index (χ1) is 9.94. The molecule has 118 valence electrons. The van der Waals surface area contributed by atoms with E-state index in [4.69, 9.17) is 0 Å². The van der Waals surface area contributed by atoms with Gasteiger partial charge in [-0.2, -0.15) is 0 Å².